The Morgan fingerprint density at radius 1 is 1.09 bits per heavy atom. The first kappa shape index (κ1) is 21.6. The van der Waals surface area contributed by atoms with Crippen LogP contribution in [0.25, 0.3) is 26.4 Å². The van der Waals surface area contributed by atoms with Gasteiger partial charge in [-0.25, -0.2) is 4.98 Å². The van der Waals surface area contributed by atoms with E-state index in [2.05, 4.69) is 17.6 Å². The van der Waals surface area contributed by atoms with E-state index in [1.807, 2.05) is 40.9 Å². The minimum atomic E-state index is -0.111. The molecule has 2 N–H and O–H groups in total. The number of carbonyl (C=O) groups excluding carboxylic acids is 2. The molecular formula is C25H26N4O3S. The largest absolute Gasteiger partial charge is 0.381 e. The molecule has 33 heavy (non-hydrogen) atoms. The van der Waals surface area contributed by atoms with Crippen LogP contribution in [0.15, 0.2) is 48.7 Å². The van der Waals surface area contributed by atoms with Gasteiger partial charge in [-0.15, -0.1) is 0 Å². The predicted molar refractivity (Wildman–Crippen MR) is 130 cm³/mol. The molecule has 170 valence electrons. The van der Waals surface area contributed by atoms with Crippen molar-refractivity contribution < 1.29 is 14.3 Å². The molecule has 1 atom stereocenters. The second kappa shape index (κ2) is 8.96. The third-order valence-electron chi connectivity index (χ3n) is 6.36. The van der Waals surface area contributed by atoms with Crippen LogP contribution in [0.4, 0.5) is 0 Å². The highest BCUT2D eigenvalue weighted by molar-refractivity contribution is 7.23. The molecule has 8 heteroatoms. The van der Waals surface area contributed by atoms with E-state index in [1.54, 1.807) is 30.5 Å². The summed E-state index contributed by atoms with van der Waals surface area (Å²) in [5.41, 5.74) is 4.09. The van der Waals surface area contributed by atoms with Gasteiger partial charge in [0.15, 0.2) is 4.96 Å². The third-order valence-corrected chi connectivity index (χ3v) is 7.38. The number of nitrogens with one attached hydrogen (secondary N) is 2. The molecule has 2 amide bonds. The van der Waals surface area contributed by atoms with Gasteiger partial charge in [0, 0.05) is 49.2 Å². The summed E-state index contributed by atoms with van der Waals surface area (Å²) in [6.07, 6.45) is 3.97. The zero-order valence-electron chi connectivity index (χ0n) is 18.6. The number of ether oxygens (including phenoxy) is 1. The van der Waals surface area contributed by atoms with E-state index in [0.29, 0.717) is 17.0 Å². The van der Waals surface area contributed by atoms with Crippen molar-refractivity contribution >= 4 is 38.3 Å². The van der Waals surface area contributed by atoms with E-state index >= 15 is 0 Å². The molecule has 4 aromatic rings. The number of fused-ring (bicyclic) bond motifs is 3. The van der Waals surface area contributed by atoms with Gasteiger partial charge in [0.1, 0.15) is 0 Å². The van der Waals surface area contributed by atoms with E-state index in [4.69, 9.17) is 9.72 Å². The lowest BCUT2D eigenvalue weighted by Gasteiger charge is -2.28. The van der Waals surface area contributed by atoms with Gasteiger partial charge in [-0.2, -0.15) is 0 Å². The average molecular weight is 463 g/mol. The number of amides is 2. The van der Waals surface area contributed by atoms with Crippen molar-refractivity contribution in [1.82, 2.24) is 20.0 Å². The molecule has 7 nitrogen and oxygen atoms in total. The average Bonchev–Trinajstić information content (AvgIpc) is 3.41. The minimum absolute atomic E-state index is 0.0428. The highest BCUT2D eigenvalue weighted by Gasteiger charge is 2.22. The number of hydrogen-bond acceptors (Lipinski definition) is 5. The quantitative estimate of drug-likeness (QED) is 0.467. The van der Waals surface area contributed by atoms with Gasteiger partial charge in [0.05, 0.1) is 15.9 Å². The number of nitrogens with zero attached hydrogens (tertiary/aromatic N) is 2. The molecule has 1 unspecified atom stereocenters. The number of benzene rings is 2. The van der Waals surface area contributed by atoms with Crippen LogP contribution in [0.5, 0.6) is 0 Å². The normalized spacial score (nSPS) is 15.6. The molecule has 1 fully saturated rings. The highest BCUT2D eigenvalue weighted by Crippen LogP contribution is 2.30. The van der Waals surface area contributed by atoms with E-state index in [9.17, 15) is 9.59 Å². The lowest BCUT2D eigenvalue weighted by atomic mass is 9.93. The number of imidazole rings is 1. The SMILES string of the molecule is CNC(=O)c1ccc(-c2cn3c(n2)sc2cc(C(=O)NC(C)C4CCOCC4)ccc23)cc1. The van der Waals surface area contributed by atoms with Crippen molar-refractivity contribution in [3.63, 3.8) is 0 Å². The van der Waals surface area contributed by atoms with Crippen LogP contribution >= 0.6 is 11.3 Å². The van der Waals surface area contributed by atoms with Crippen molar-refractivity contribution in [2.45, 2.75) is 25.8 Å². The van der Waals surface area contributed by atoms with Crippen LogP contribution in [0.1, 0.15) is 40.5 Å². The zero-order chi connectivity index (χ0) is 22.9. The molecule has 0 aliphatic carbocycles. The second-order valence-corrected chi connectivity index (χ2v) is 9.44. The van der Waals surface area contributed by atoms with Crippen LogP contribution in [0.3, 0.4) is 0 Å². The summed E-state index contributed by atoms with van der Waals surface area (Å²) in [7, 11) is 1.62. The number of hydrogen-bond donors (Lipinski definition) is 2. The molecule has 5 rings (SSSR count). The van der Waals surface area contributed by atoms with Crippen LogP contribution < -0.4 is 10.6 Å². The number of aromatic nitrogens is 2. The Kier molecular flexibility index (Phi) is 5.86. The van der Waals surface area contributed by atoms with Crippen molar-refractivity contribution in [2.75, 3.05) is 20.3 Å². The molecule has 2 aromatic carbocycles. The summed E-state index contributed by atoms with van der Waals surface area (Å²) >= 11 is 1.56. The molecule has 1 saturated heterocycles. The summed E-state index contributed by atoms with van der Waals surface area (Å²) < 4.78 is 8.50. The topological polar surface area (TPSA) is 84.7 Å². The molecular weight excluding hydrogens is 436 g/mol. The smallest absolute Gasteiger partial charge is 0.251 e. The Balaban J connectivity index is 1.36. The molecule has 0 bridgehead atoms. The summed E-state index contributed by atoms with van der Waals surface area (Å²) in [5.74, 6) is 0.305. The van der Waals surface area contributed by atoms with Crippen molar-refractivity contribution in [1.29, 1.82) is 0 Å². The van der Waals surface area contributed by atoms with E-state index < -0.39 is 0 Å². The Bertz CT molecular complexity index is 1320. The lowest BCUT2D eigenvalue weighted by Crippen LogP contribution is -2.40. The van der Waals surface area contributed by atoms with Crippen LogP contribution in [0.2, 0.25) is 0 Å². The summed E-state index contributed by atoms with van der Waals surface area (Å²) in [6, 6.07) is 13.3. The van der Waals surface area contributed by atoms with E-state index in [0.717, 1.165) is 52.5 Å². The first-order valence-corrected chi connectivity index (χ1v) is 12.0. The predicted octanol–water partition coefficient (Wildman–Crippen LogP) is 4.12. The van der Waals surface area contributed by atoms with Crippen LogP contribution in [-0.2, 0) is 4.74 Å². The molecule has 3 heterocycles. The summed E-state index contributed by atoms with van der Waals surface area (Å²) in [5, 5.41) is 5.79. The molecule has 1 aliphatic rings. The van der Waals surface area contributed by atoms with E-state index in [1.165, 1.54) is 0 Å². The standard InChI is InChI=1S/C25H26N4O3S/c1-15(16-9-11-32-12-10-16)27-24(31)19-7-8-21-22(13-19)33-25-28-20(14-29(21)25)17-3-5-18(6-4-17)23(30)26-2/h3-8,13-16H,9-12H2,1-2H3,(H,26,30)(H,27,31). The van der Waals surface area contributed by atoms with Crippen molar-refractivity contribution in [3.05, 3.63) is 59.8 Å². The highest BCUT2D eigenvalue weighted by atomic mass is 32.1. The molecule has 0 spiro atoms. The molecule has 1 aliphatic heterocycles. The number of thiazole rings is 1. The van der Waals surface area contributed by atoms with Crippen LogP contribution in [0, 0.1) is 5.92 Å². The first-order valence-electron chi connectivity index (χ1n) is 11.2. The van der Waals surface area contributed by atoms with Gasteiger partial charge in [-0.1, -0.05) is 23.5 Å². The third kappa shape index (κ3) is 4.24. The maximum atomic E-state index is 12.8. The fourth-order valence-electron chi connectivity index (χ4n) is 4.34. The Hall–Kier alpha value is -3.23. The van der Waals surface area contributed by atoms with Gasteiger partial charge in [-0.3, -0.25) is 14.0 Å². The fourth-order valence-corrected chi connectivity index (χ4v) is 5.39. The van der Waals surface area contributed by atoms with Gasteiger partial charge in [-0.05, 0) is 56.0 Å². The fraction of sp³-hybridized carbons (Fsp3) is 0.320. The minimum Gasteiger partial charge on any atom is -0.381 e. The van der Waals surface area contributed by atoms with Crippen molar-refractivity contribution in [3.8, 4) is 11.3 Å². The second-order valence-electron chi connectivity index (χ2n) is 8.43. The first-order chi connectivity index (χ1) is 16.0. The summed E-state index contributed by atoms with van der Waals surface area (Å²) in [4.78, 5) is 30.2. The Labute approximate surface area is 195 Å². The van der Waals surface area contributed by atoms with Gasteiger partial charge < -0.3 is 15.4 Å². The monoisotopic (exact) mass is 462 g/mol. The Morgan fingerprint density at radius 3 is 2.55 bits per heavy atom. The van der Waals surface area contributed by atoms with Gasteiger partial charge in [0.25, 0.3) is 11.8 Å². The van der Waals surface area contributed by atoms with Gasteiger partial charge >= 0.3 is 0 Å². The Morgan fingerprint density at radius 2 is 1.82 bits per heavy atom. The maximum Gasteiger partial charge on any atom is 0.251 e. The van der Waals surface area contributed by atoms with Crippen LogP contribution in [-0.4, -0.2) is 47.5 Å². The molecule has 0 saturated carbocycles. The number of rotatable bonds is 5. The van der Waals surface area contributed by atoms with E-state index in [-0.39, 0.29) is 17.9 Å². The maximum absolute atomic E-state index is 12.8. The molecule has 2 aromatic heterocycles. The zero-order valence-corrected chi connectivity index (χ0v) is 19.4. The summed E-state index contributed by atoms with van der Waals surface area (Å²) in [6.45, 7) is 3.62. The van der Waals surface area contributed by atoms with Crippen molar-refractivity contribution in [2.24, 2.45) is 5.92 Å². The van der Waals surface area contributed by atoms with Gasteiger partial charge in [0.2, 0.25) is 0 Å². The molecule has 0 radical (unpaired) electrons. The lowest BCUT2D eigenvalue weighted by molar-refractivity contribution is 0.0538. The number of carbonyl (C=O) groups is 2.